The van der Waals surface area contributed by atoms with E-state index in [1.807, 2.05) is 160 Å². The minimum absolute atomic E-state index is 0.00809. The molecular formula is C95H96N20O12. The fraction of sp³-hybridized carbons (Fsp3) is 0.316. The van der Waals surface area contributed by atoms with Crippen LogP contribution in [-0.4, -0.2) is 206 Å². The summed E-state index contributed by atoms with van der Waals surface area (Å²) in [5.41, 5.74) is 14.6. The lowest BCUT2D eigenvalue weighted by Gasteiger charge is -2.43. The molecule has 4 aromatic heterocycles. The molecule has 0 atom stereocenters. The summed E-state index contributed by atoms with van der Waals surface area (Å²) in [5, 5.41) is 75.9. The van der Waals surface area contributed by atoms with Gasteiger partial charge in [-0.25, -0.2) is 9.48 Å². The molecule has 648 valence electrons. The van der Waals surface area contributed by atoms with Crippen LogP contribution in [0.3, 0.4) is 0 Å². The number of hydrogen-bond donors (Lipinski definition) is 5. The van der Waals surface area contributed by atoms with Crippen LogP contribution in [0.25, 0.3) is 67.8 Å². The summed E-state index contributed by atoms with van der Waals surface area (Å²) in [5.74, 6) is 3.43. The third-order valence-electron chi connectivity index (χ3n) is 23.2. The minimum atomic E-state index is -1.03. The van der Waals surface area contributed by atoms with Crippen molar-refractivity contribution in [2.24, 2.45) is 0 Å². The summed E-state index contributed by atoms with van der Waals surface area (Å²) < 4.78 is 33.0. The first-order valence-corrected chi connectivity index (χ1v) is 42.6. The third-order valence-corrected chi connectivity index (χ3v) is 23.2. The highest BCUT2D eigenvalue weighted by Crippen LogP contribution is 2.48. The maximum Gasteiger partial charge on any atom is 0.410 e. The van der Waals surface area contributed by atoms with E-state index >= 15 is 0 Å². The molecule has 8 aromatic carbocycles. The summed E-state index contributed by atoms with van der Waals surface area (Å²) in [6, 6.07) is 64.6. The van der Waals surface area contributed by atoms with Crippen molar-refractivity contribution in [2.45, 2.75) is 140 Å². The molecule has 12 aromatic rings. The molecule has 8 aliphatic rings. The summed E-state index contributed by atoms with van der Waals surface area (Å²) in [4.78, 5) is 62.2. The van der Waals surface area contributed by atoms with Gasteiger partial charge in [0.05, 0.1) is 0 Å². The van der Waals surface area contributed by atoms with Crippen molar-refractivity contribution in [3.63, 3.8) is 0 Å². The predicted molar refractivity (Wildman–Crippen MR) is 471 cm³/mol. The fourth-order valence-corrected chi connectivity index (χ4v) is 17.0. The van der Waals surface area contributed by atoms with Gasteiger partial charge in [-0.15, -0.1) is 35.7 Å². The second-order valence-electron chi connectivity index (χ2n) is 33.7. The Kier molecular flexibility index (Phi) is 24.3. The minimum Gasteiger partial charge on any atom is -0.482 e. The summed E-state index contributed by atoms with van der Waals surface area (Å²) in [7, 11) is 0. The van der Waals surface area contributed by atoms with E-state index in [1.54, 1.807) is 4.90 Å². The van der Waals surface area contributed by atoms with E-state index in [1.165, 1.54) is 34.5 Å². The first-order valence-electron chi connectivity index (χ1n) is 42.6. The molecule has 0 saturated carbocycles. The summed E-state index contributed by atoms with van der Waals surface area (Å²) in [6.45, 7) is 15.0. The molecule has 5 N–H and O–H groups in total. The van der Waals surface area contributed by atoms with Crippen LogP contribution in [0.1, 0.15) is 130 Å². The molecule has 32 nitrogen and oxygen atoms in total. The Balaban J connectivity index is 0.000000120. The Labute approximate surface area is 731 Å². The highest BCUT2D eigenvalue weighted by molar-refractivity contribution is 5.89. The first kappa shape index (κ1) is 84.8. The fourth-order valence-electron chi connectivity index (χ4n) is 17.0. The largest absolute Gasteiger partial charge is 0.482 e. The first-order chi connectivity index (χ1) is 61.5. The van der Waals surface area contributed by atoms with Crippen LogP contribution in [0.15, 0.2) is 218 Å². The number of tetrazole rings is 4. The molecule has 32 heteroatoms. The van der Waals surface area contributed by atoms with Gasteiger partial charge in [-0.05, 0) is 193 Å². The summed E-state index contributed by atoms with van der Waals surface area (Å²) in [6.07, 6.45) is 15.7. The number of amides is 1. The number of rotatable bonds is 16. The van der Waals surface area contributed by atoms with Gasteiger partial charge in [-0.1, -0.05) is 170 Å². The molecule has 8 aliphatic heterocycles. The normalized spacial score (nSPS) is 17.0. The molecule has 0 radical (unpaired) electrons. The SMILES string of the molecule is CC(=O)Cn1nnc(-c2ccc(C3=CC4(CCNCC4)Oc4ccccc43)cc2)n1.CC(=O)Cn1nnnc1-c1ccc(C2=CC3(CCNCC3)Oc3ccccc32)cc1.CC(C)(C)OC(=O)N1CCC2(C=C(c3ccc(-c4nnn(CC(=O)O)n4)cc3)c3ccccc3O2)CC1.O=C(O)Cn1nnc(-c2ccc(C3=CC4(CCNCC4)Oc4ccccc43)cc2)n1. The number of nitrogens with zero attached hydrogens (tertiary/aromatic N) is 17. The number of nitrogens with one attached hydrogen (secondary N) is 3. The Hall–Kier alpha value is -14.4. The van der Waals surface area contributed by atoms with Crippen LogP contribution in [-0.2, 0) is 50.1 Å². The van der Waals surface area contributed by atoms with Gasteiger partial charge in [-0.3, -0.25) is 19.2 Å². The number of carbonyl (C=O) groups is 5. The van der Waals surface area contributed by atoms with Gasteiger partial charge in [0.25, 0.3) is 0 Å². The maximum atomic E-state index is 12.6. The molecule has 12 heterocycles. The molecule has 4 fully saturated rings. The average molecular weight is 1710 g/mol. The topological polar surface area (TPSA) is 386 Å². The van der Waals surface area contributed by atoms with E-state index in [0.29, 0.717) is 49.2 Å². The molecule has 0 aliphatic carbocycles. The molecular weight excluding hydrogens is 1610 g/mol. The monoisotopic (exact) mass is 1710 g/mol. The molecule has 20 rings (SSSR count). The number of Topliss-reactive ketones (excluding diaryl/α,β-unsaturated/α-hetero) is 2. The standard InChI is InChI=1S/C27H29N5O5.2C23H23N5O2.C22H21N5O3/c1-26(2,3)37-25(35)31-14-12-27(13-15-31)16-21(20-6-4-5-7-22(20)36-27)18-8-10-19(11-9-18)24-28-30-32(29-24)17-23(33)34;1-16(29)15-28-22(25-26-27-28)18-8-6-17(7-9-18)20-14-23(10-12-24-13-11-23)30-21-5-3-2-4-19(20)21;1-16(29)15-28-26-22(25-27-28)18-8-6-17(7-9-18)20-14-23(10-12-24-13-11-23)30-21-5-3-2-4-19(20)21;28-20(29)14-27-25-21(24-26-27)16-7-5-15(6-8-16)18-13-22(9-11-23-12-10-22)30-19-4-2-1-3-17(18)19/h4-11,16H,12-15,17H2,1-3H3,(H,33,34);2*2-9,14,24H,10-13,15H2,1H3;1-8,13,23H,9-12,14H2,(H,28,29). The van der Waals surface area contributed by atoms with Crippen molar-refractivity contribution in [1.29, 1.82) is 0 Å². The second-order valence-corrected chi connectivity index (χ2v) is 33.7. The number of piperidine rings is 4. The number of ether oxygens (including phenoxy) is 5. The van der Waals surface area contributed by atoms with Gasteiger partial charge in [0.1, 0.15) is 64.1 Å². The van der Waals surface area contributed by atoms with Gasteiger partial charge in [-0.2, -0.15) is 14.4 Å². The highest BCUT2D eigenvalue weighted by Gasteiger charge is 2.43. The van der Waals surface area contributed by atoms with Crippen molar-refractivity contribution >= 4 is 51.9 Å². The lowest BCUT2D eigenvalue weighted by Crippen LogP contribution is -2.50. The van der Waals surface area contributed by atoms with E-state index in [0.717, 1.165) is 188 Å². The molecule has 0 unspecified atom stereocenters. The van der Waals surface area contributed by atoms with Gasteiger partial charge >= 0.3 is 18.0 Å². The Morgan fingerprint density at radius 2 is 0.661 bits per heavy atom. The number of fused-ring (bicyclic) bond motifs is 4. The van der Waals surface area contributed by atoms with E-state index in [4.69, 9.17) is 33.9 Å². The number of benzene rings is 8. The number of carboxylic acids is 2. The number of ketones is 2. The Morgan fingerprint density at radius 3 is 0.969 bits per heavy atom. The average Bonchev–Trinajstić information content (AvgIpc) is 1.76. The van der Waals surface area contributed by atoms with E-state index < -0.39 is 23.1 Å². The number of aromatic nitrogens is 16. The van der Waals surface area contributed by atoms with E-state index in [-0.39, 0.29) is 60.6 Å². The highest BCUT2D eigenvalue weighted by atomic mass is 16.6. The third kappa shape index (κ3) is 19.6. The lowest BCUT2D eigenvalue weighted by atomic mass is 9.83. The van der Waals surface area contributed by atoms with Crippen molar-refractivity contribution in [3.8, 4) is 68.5 Å². The van der Waals surface area contributed by atoms with Crippen LogP contribution in [0, 0.1) is 0 Å². The van der Waals surface area contributed by atoms with Crippen LogP contribution in [0.4, 0.5) is 4.79 Å². The maximum absolute atomic E-state index is 12.6. The van der Waals surface area contributed by atoms with Crippen LogP contribution >= 0.6 is 0 Å². The lowest BCUT2D eigenvalue weighted by molar-refractivity contribution is -0.139. The van der Waals surface area contributed by atoms with Crippen LogP contribution in [0.5, 0.6) is 23.0 Å². The van der Waals surface area contributed by atoms with Crippen molar-refractivity contribution in [2.75, 3.05) is 52.4 Å². The van der Waals surface area contributed by atoms with Crippen LogP contribution < -0.4 is 34.9 Å². The molecule has 4 spiro atoms. The number of hydrogen-bond acceptors (Lipinski definition) is 25. The number of para-hydroxylation sites is 4. The quantitative estimate of drug-likeness (QED) is 0.0600. The van der Waals surface area contributed by atoms with Gasteiger partial charge in [0, 0.05) is 109 Å². The molecule has 127 heavy (non-hydrogen) atoms. The Morgan fingerprint density at radius 1 is 0.370 bits per heavy atom. The molecule has 4 saturated heterocycles. The number of likely N-dealkylation sites (tertiary alicyclic amines) is 1. The number of carbonyl (C=O) groups excluding carboxylic acids is 3. The second kappa shape index (κ2) is 36.4. The summed E-state index contributed by atoms with van der Waals surface area (Å²) >= 11 is 0. The number of aliphatic carboxylic acids is 2. The Bertz CT molecular complexity index is 6000. The zero-order valence-electron chi connectivity index (χ0n) is 71.0. The molecule has 0 bridgehead atoms. The van der Waals surface area contributed by atoms with E-state index in [2.05, 4.69) is 157 Å². The zero-order chi connectivity index (χ0) is 87.9. The number of carboxylic acid groups (broad SMARTS) is 2. The van der Waals surface area contributed by atoms with Crippen molar-refractivity contribution in [3.05, 3.63) is 263 Å². The zero-order valence-corrected chi connectivity index (χ0v) is 71.0. The smallest absolute Gasteiger partial charge is 0.410 e. The van der Waals surface area contributed by atoms with Crippen molar-refractivity contribution in [1.82, 2.24) is 102 Å². The van der Waals surface area contributed by atoms with Gasteiger partial charge in [0.2, 0.25) is 17.5 Å². The predicted octanol–water partition coefficient (Wildman–Crippen LogP) is 12.1. The van der Waals surface area contributed by atoms with Gasteiger partial charge in [0.15, 0.2) is 30.5 Å². The molecule has 1 amide bonds. The van der Waals surface area contributed by atoms with Crippen LogP contribution in [0.2, 0.25) is 0 Å². The van der Waals surface area contributed by atoms with Gasteiger partial charge < -0.3 is 54.7 Å². The van der Waals surface area contributed by atoms with E-state index in [9.17, 15) is 24.0 Å². The van der Waals surface area contributed by atoms with Crippen molar-refractivity contribution < 1.29 is 57.9 Å².